The molecule has 1 aromatic heterocycles. The van der Waals surface area contributed by atoms with Crippen LogP contribution in [0, 0.1) is 5.82 Å². The van der Waals surface area contributed by atoms with E-state index in [1.54, 1.807) is 24.4 Å². The lowest BCUT2D eigenvalue weighted by molar-refractivity contribution is 0.0988. The van der Waals surface area contributed by atoms with Crippen molar-refractivity contribution in [2.45, 2.75) is 6.42 Å². The number of nitrogens with zero attached hydrogens (tertiary/aromatic N) is 1. The first-order chi connectivity index (χ1) is 8.56. The molecule has 0 N–H and O–H groups in total. The van der Waals surface area contributed by atoms with Gasteiger partial charge in [-0.3, -0.25) is 9.78 Å². The van der Waals surface area contributed by atoms with Crippen LogP contribution in [0.5, 0.6) is 0 Å². The Morgan fingerprint density at radius 3 is 2.56 bits per heavy atom. The molecule has 0 bridgehead atoms. The van der Waals surface area contributed by atoms with Crippen molar-refractivity contribution in [1.29, 1.82) is 0 Å². The van der Waals surface area contributed by atoms with Crippen molar-refractivity contribution in [3.8, 4) is 0 Å². The minimum atomic E-state index is -0.514. The number of aromatic nitrogens is 1. The molecule has 0 aliphatic heterocycles. The highest BCUT2D eigenvalue weighted by Gasteiger charge is 2.13. The van der Waals surface area contributed by atoms with E-state index >= 15 is 0 Å². The van der Waals surface area contributed by atoms with Gasteiger partial charge in [-0.25, -0.2) is 4.39 Å². The minimum absolute atomic E-state index is 0.0779. The van der Waals surface area contributed by atoms with Gasteiger partial charge in [-0.15, -0.1) is 0 Å². The SMILES string of the molecule is O=C(Cc1ccc(Br)cn1)c1cc(Br)ccc1F. The van der Waals surface area contributed by atoms with E-state index in [4.69, 9.17) is 0 Å². The number of carbonyl (C=O) groups is 1. The van der Waals surface area contributed by atoms with Gasteiger partial charge in [0, 0.05) is 20.8 Å². The number of halogens is 3. The second-order valence-electron chi connectivity index (χ2n) is 3.69. The Balaban J connectivity index is 2.21. The lowest BCUT2D eigenvalue weighted by atomic mass is 10.1. The van der Waals surface area contributed by atoms with Gasteiger partial charge in [0.2, 0.25) is 0 Å². The van der Waals surface area contributed by atoms with Crippen LogP contribution in [0.25, 0.3) is 0 Å². The lowest BCUT2D eigenvalue weighted by Crippen LogP contribution is -2.07. The van der Waals surface area contributed by atoms with Crippen LogP contribution < -0.4 is 0 Å². The van der Waals surface area contributed by atoms with Crippen LogP contribution in [0.2, 0.25) is 0 Å². The second-order valence-corrected chi connectivity index (χ2v) is 5.52. The number of hydrogen-bond donors (Lipinski definition) is 0. The van der Waals surface area contributed by atoms with E-state index < -0.39 is 5.82 Å². The summed E-state index contributed by atoms with van der Waals surface area (Å²) < 4.78 is 15.0. The smallest absolute Gasteiger partial charge is 0.171 e. The Morgan fingerprint density at radius 1 is 1.17 bits per heavy atom. The quantitative estimate of drug-likeness (QED) is 0.757. The van der Waals surface area contributed by atoms with Crippen LogP contribution in [0.15, 0.2) is 45.5 Å². The standard InChI is InChI=1S/C13H8Br2FNO/c14-8-2-4-12(16)11(5-8)13(18)6-10-3-1-9(15)7-17-10/h1-5,7H,6H2. The van der Waals surface area contributed by atoms with Crippen molar-refractivity contribution in [3.05, 3.63) is 62.5 Å². The van der Waals surface area contributed by atoms with Gasteiger partial charge in [-0.1, -0.05) is 15.9 Å². The summed E-state index contributed by atoms with van der Waals surface area (Å²) in [6.07, 6.45) is 1.69. The van der Waals surface area contributed by atoms with Gasteiger partial charge in [-0.05, 0) is 46.3 Å². The topological polar surface area (TPSA) is 30.0 Å². The Labute approximate surface area is 121 Å². The van der Waals surface area contributed by atoms with E-state index in [0.717, 1.165) is 4.47 Å². The molecular formula is C13H8Br2FNO. The van der Waals surface area contributed by atoms with E-state index in [9.17, 15) is 9.18 Å². The molecule has 0 saturated carbocycles. The van der Waals surface area contributed by atoms with Crippen molar-refractivity contribution in [2.24, 2.45) is 0 Å². The summed E-state index contributed by atoms with van der Waals surface area (Å²) in [6.45, 7) is 0. The van der Waals surface area contributed by atoms with Gasteiger partial charge < -0.3 is 0 Å². The summed E-state index contributed by atoms with van der Waals surface area (Å²) >= 11 is 6.48. The molecule has 0 spiro atoms. The molecule has 5 heteroatoms. The maximum Gasteiger partial charge on any atom is 0.171 e. The molecule has 1 heterocycles. The van der Waals surface area contributed by atoms with Crippen LogP contribution in [0.3, 0.4) is 0 Å². The van der Waals surface area contributed by atoms with E-state index in [0.29, 0.717) is 10.2 Å². The number of pyridine rings is 1. The first-order valence-corrected chi connectivity index (χ1v) is 6.73. The molecule has 2 rings (SSSR count). The molecule has 0 aliphatic carbocycles. The van der Waals surface area contributed by atoms with Gasteiger partial charge in [0.25, 0.3) is 0 Å². The molecule has 1 aromatic carbocycles. The monoisotopic (exact) mass is 371 g/mol. The third kappa shape index (κ3) is 3.23. The summed E-state index contributed by atoms with van der Waals surface area (Å²) in [6, 6.07) is 7.84. The molecular weight excluding hydrogens is 365 g/mol. The molecule has 0 atom stereocenters. The number of carbonyl (C=O) groups excluding carboxylic acids is 1. The minimum Gasteiger partial charge on any atom is -0.294 e. The average molecular weight is 373 g/mol. The van der Waals surface area contributed by atoms with E-state index in [-0.39, 0.29) is 17.8 Å². The zero-order valence-corrected chi connectivity index (χ0v) is 12.3. The molecule has 0 fully saturated rings. The lowest BCUT2D eigenvalue weighted by Gasteiger charge is -2.03. The molecule has 2 aromatic rings. The Hall–Kier alpha value is -1.07. The molecule has 0 amide bonds. The molecule has 0 aliphatic rings. The highest BCUT2D eigenvalue weighted by atomic mass is 79.9. The fraction of sp³-hybridized carbons (Fsp3) is 0.0769. The maximum atomic E-state index is 13.5. The third-order valence-electron chi connectivity index (χ3n) is 2.36. The maximum absolute atomic E-state index is 13.5. The first-order valence-electron chi connectivity index (χ1n) is 5.15. The zero-order valence-electron chi connectivity index (χ0n) is 9.16. The molecule has 0 radical (unpaired) electrons. The summed E-state index contributed by atoms with van der Waals surface area (Å²) in [5.74, 6) is -0.802. The Morgan fingerprint density at radius 2 is 1.89 bits per heavy atom. The van der Waals surface area contributed by atoms with Crippen LogP contribution >= 0.6 is 31.9 Å². The van der Waals surface area contributed by atoms with Gasteiger partial charge in [0.15, 0.2) is 5.78 Å². The van der Waals surface area contributed by atoms with Crippen LogP contribution in [-0.4, -0.2) is 10.8 Å². The Bertz CT molecular complexity index is 584. The summed E-state index contributed by atoms with van der Waals surface area (Å²) in [5, 5.41) is 0. The number of hydrogen-bond acceptors (Lipinski definition) is 2. The number of Topliss-reactive ketones (excluding diaryl/α,β-unsaturated/α-hetero) is 1. The van der Waals surface area contributed by atoms with Crippen molar-refractivity contribution < 1.29 is 9.18 Å². The predicted octanol–water partition coefficient (Wildman–Crippen LogP) is 4.17. The van der Waals surface area contributed by atoms with Crippen molar-refractivity contribution >= 4 is 37.6 Å². The van der Waals surface area contributed by atoms with E-state index in [1.165, 1.54) is 12.1 Å². The zero-order chi connectivity index (χ0) is 13.1. The molecule has 92 valence electrons. The molecule has 2 nitrogen and oxygen atoms in total. The average Bonchev–Trinajstić information content (AvgIpc) is 2.35. The highest BCUT2D eigenvalue weighted by Crippen LogP contribution is 2.17. The van der Waals surface area contributed by atoms with Gasteiger partial charge >= 0.3 is 0 Å². The van der Waals surface area contributed by atoms with Gasteiger partial charge in [0.05, 0.1) is 12.0 Å². The molecule has 0 saturated heterocycles. The summed E-state index contributed by atoms with van der Waals surface area (Å²) in [4.78, 5) is 16.1. The third-order valence-corrected chi connectivity index (χ3v) is 3.32. The first kappa shape index (κ1) is 13.4. The normalized spacial score (nSPS) is 10.4. The highest BCUT2D eigenvalue weighted by molar-refractivity contribution is 9.10. The van der Waals surface area contributed by atoms with Crippen molar-refractivity contribution in [3.63, 3.8) is 0 Å². The fourth-order valence-electron chi connectivity index (χ4n) is 1.48. The van der Waals surface area contributed by atoms with Crippen molar-refractivity contribution in [2.75, 3.05) is 0 Å². The van der Waals surface area contributed by atoms with Gasteiger partial charge in [0.1, 0.15) is 5.82 Å². The Kier molecular flexibility index (Phi) is 4.24. The number of ketones is 1. The van der Waals surface area contributed by atoms with Crippen LogP contribution in [0.4, 0.5) is 4.39 Å². The van der Waals surface area contributed by atoms with Crippen LogP contribution in [0.1, 0.15) is 16.1 Å². The fourth-order valence-corrected chi connectivity index (χ4v) is 2.08. The largest absolute Gasteiger partial charge is 0.294 e. The van der Waals surface area contributed by atoms with Crippen molar-refractivity contribution in [1.82, 2.24) is 4.98 Å². The second kappa shape index (κ2) is 5.71. The summed E-state index contributed by atoms with van der Waals surface area (Å²) in [5.41, 5.74) is 0.691. The number of rotatable bonds is 3. The van der Waals surface area contributed by atoms with Gasteiger partial charge in [-0.2, -0.15) is 0 Å². The number of benzene rings is 1. The molecule has 18 heavy (non-hydrogen) atoms. The predicted molar refractivity (Wildman–Crippen MR) is 74.1 cm³/mol. The molecule has 0 unspecified atom stereocenters. The van der Waals surface area contributed by atoms with Crippen LogP contribution in [-0.2, 0) is 6.42 Å². The van der Waals surface area contributed by atoms with E-state index in [1.807, 2.05) is 0 Å². The summed E-state index contributed by atoms with van der Waals surface area (Å²) in [7, 11) is 0. The van der Waals surface area contributed by atoms with E-state index in [2.05, 4.69) is 36.8 Å².